The minimum absolute atomic E-state index is 0.0237. The van der Waals surface area contributed by atoms with Crippen LogP contribution in [0.15, 0.2) is 60.8 Å². The second kappa shape index (κ2) is 53.5. The van der Waals surface area contributed by atoms with E-state index in [0.29, 0.717) is 24.1 Å². The molecule has 410 valence electrons. The highest BCUT2D eigenvalue weighted by molar-refractivity contribution is 7.45. The smallest absolute Gasteiger partial charge is 0.306 e. The molecule has 0 aromatic rings. The Kier molecular flexibility index (Phi) is 52.1. The van der Waals surface area contributed by atoms with E-state index in [4.69, 9.17) is 18.5 Å². The molecule has 2 atom stereocenters. The number of rotatable bonds is 55. The molecule has 0 aliphatic rings. The molecule has 0 aromatic carbocycles. The summed E-state index contributed by atoms with van der Waals surface area (Å²) in [5.41, 5.74) is 0. The van der Waals surface area contributed by atoms with Crippen LogP contribution < -0.4 is 4.89 Å². The Hall–Kier alpha value is -1.80. The Morgan fingerprint density at radius 3 is 1.24 bits per heavy atom. The van der Waals surface area contributed by atoms with Crippen LogP contribution in [0.5, 0.6) is 0 Å². The zero-order valence-electron chi connectivity index (χ0n) is 46.7. The number of phosphoric acid groups is 1. The number of nitrogens with zero attached hydrogens (tertiary/aromatic N) is 1. The molecule has 0 aromatic heterocycles. The minimum atomic E-state index is -4.54. The Morgan fingerprint density at radius 2 is 0.829 bits per heavy atom. The summed E-state index contributed by atoms with van der Waals surface area (Å²) in [5, 5.41) is 0. The van der Waals surface area contributed by atoms with E-state index in [1.165, 1.54) is 173 Å². The minimum Gasteiger partial charge on any atom is -0.756 e. The van der Waals surface area contributed by atoms with Crippen LogP contribution in [0, 0.1) is 0 Å². The van der Waals surface area contributed by atoms with Gasteiger partial charge in [-0.2, -0.15) is 0 Å². The quantitative estimate of drug-likeness (QED) is 0.0197. The summed E-state index contributed by atoms with van der Waals surface area (Å²) in [6.07, 6.45) is 69.8. The van der Waals surface area contributed by atoms with Gasteiger partial charge in [0.2, 0.25) is 0 Å². The Balaban J connectivity index is 4.07. The number of allylic oxidation sites excluding steroid dienone is 10. The van der Waals surface area contributed by atoms with Crippen LogP contribution in [0.4, 0.5) is 0 Å². The summed E-state index contributed by atoms with van der Waals surface area (Å²) in [7, 11) is 1.36. The number of carbonyl (C=O) groups excluding carboxylic acids is 1. The van der Waals surface area contributed by atoms with Gasteiger partial charge in [0.25, 0.3) is 7.82 Å². The molecule has 9 heteroatoms. The van der Waals surface area contributed by atoms with Crippen molar-refractivity contribution in [1.29, 1.82) is 0 Å². The summed E-state index contributed by atoms with van der Waals surface area (Å²) in [5.74, 6) is -0.333. The molecule has 70 heavy (non-hydrogen) atoms. The molecule has 0 spiro atoms. The van der Waals surface area contributed by atoms with Gasteiger partial charge in [-0.1, -0.05) is 261 Å². The third-order valence-electron chi connectivity index (χ3n) is 12.8. The first kappa shape index (κ1) is 68.2. The van der Waals surface area contributed by atoms with Crippen molar-refractivity contribution in [2.75, 3.05) is 54.1 Å². The predicted octanol–water partition coefficient (Wildman–Crippen LogP) is 18.2. The Morgan fingerprint density at radius 1 is 0.457 bits per heavy atom. The lowest BCUT2D eigenvalue weighted by Gasteiger charge is -2.28. The number of ether oxygens (including phenoxy) is 2. The van der Waals surface area contributed by atoms with Crippen molar-refractivity contribution >= 4 is 13.8 Å². The highest BCUT2D eigenvalue weighted by Gasteiger charge is 2.20. The highest BCUT2D eigenvalue weighted by Crippen LogP contribution is 2.38. The molecule has 0 radical (unpaired) electrons. The van der Waals surface area contributed by atoms with Crippen LogP contribution in [-0.2, 0) is 27.9 Å². The van der Waals surface area contributed by atoms with Crippen LogP contribution in [-0.4, -0.2) is 70.7 Å². The van der Waals surface area contributed by atoms with Crippen LogP contribution >= 0.6 is 7.82 Å². The van der Waals surface area contributed by atoms with Crippen molar-refractivity contribution in [1.82, 2.24) is 0 Å². The van der Waals surface area contributed by atoms with Crippen molar-refractivity contribution in [3.8, 4) is 0 Å². The van der Waals surface area contributed by atoms with E-state index in [0.717, 1.165) is 70.6 Å². The van der Waals surface area contributed by atoms with Gasteiger partial charge in [-0.3, -0.25) is 9.36 Å². The van der Waals surface area contributed by atoms with Gasteiger partial charge in [-0.05, 0) is 57.8 Å². The van der Waals surface area contributed by atoms with Crippen LogP contribution in [0.25, 0.3) is 0 Å². The topological polar surface area (TPSA) is 94.1 Å². The molecule has 0 bridgehead atoms. The van der Waals surface area contributed by atoms with Gasteiger partial charge in [0.1, 0.15) is 19.3 Å². The zero-order valence-corrected chi connectivity index (χ0v) is 47.6. The van der Waals surface area contributed by atoms with Gasteiger partial charge in [0.05, 0.1) is 34.4 Å². The van der Waals surface area contributed by atoms with Gasteiger partial charge in [-0.15, -0.1) is 0 Å². The van der Waals surface area contributed by atoms with Crippen molar-refractivity contribution in [3.63, 3.8) is 0 Å². The second-order valence-electron chi connectivity index (χ2n) is 21.0. The maximum absolute atomic E-state index is 12.8. The average molecular weight is 1000 g/mol. The number of esters is 1. The van der Waals surface area contributed by atoms with Crippen molar-refractivity contribution in [3.05, 3.63) is 60.8 Å². The molecule has 0 saturated carbocycles. The molecule has 0 N–H and O–H groups in total. The first-order chi connectivity index (χ1) is 34.1. The lowest BCUT2D eigenvalue weighted by atomic mass is 10.0. The lowest BCUT2D eigenvalue weighted by molar-refractivity contribution is -0.870. The van der Waals surface area contributed by atoms with E-state index in [9.17, 15) is 14.3 Å². The number of quaternary nitrogens is 1. The average Bonchev–Trinajstić information content (AvgIpc) is 3.32. The predicted molar refractivity (Wildman–Crippen MR) is 300 cm³/mol. The van der Waals surface area contributed by atoms with E-state index >= 15 is 0 Å². The monoisotopic (exact) mass is 1000 g/mol. The van der Waals surface area contributed by atoms with Crippen LogP contribution in [0.2, 0.25) is 0 Å². The van der Waals surface area contributed by atoms with Crippen LogP contribution in [0.1, 0.15) is 264 Å². The Labute approximate surface area is 434 Å². The molecule has 0 saturated heterocycles. The molecule has 0 rings (SSSR count). The van der Waals surface area contributed by atoms with Gasteiger partial charge >= 0.3 is 5.97 Å². The molecular weight excluding hydrogens is 890 g/mol. The number of phosphoric ester groups is 1. The number of likely N-dealkylation sites (N-methyl/N-ethyl adjacent to an activating group) is 1. The summed E-state index contributed by atoms with van der Waals surface area (Å²) in [6, 6.07) is 0. The molecule has 0 heterocycles. The summed E-state index contributed by atoms with van der Waals surface area (Å²) in [4.78, 5) is 25.3. The van der Waals surface area contributed by atoms with Gasteiger partial charge in [0, 0.05) is 13.0 Å². The molecule has 8 nitrogen and oxygen atoms in total. The summed E-state index contributed by atoms with van der Waals surface area (Å²) in [6.45, 7) is 5.32. The lowest BCUT2D eigenvalue weighted by Crippen LogP contribution is -2.37. The molecular formula is C61H114NO7P. The maximum Gasteiger partial charge on any atom is 0.306 e. The van der Waals surface area contributed by atoms with Crippen molar-refractivity contribution < 1.29 is 37.3 Å². The Bertz CT molecular complexity index is 1300. The summed E-state index contributed by atoms with van der Waals surface area (Å²) >= 11 is 0. The first-order valence-electron chi connectivity index (χ1n) is 29.5. The summed E-state index contributed by atoms with van der Waals surface area (Å²) < 4.78 is 34.9. The normalized spacial score (nSPS) is 13.9. The molecule has 0 aliphatic heterocycles. The van der Waals surface area contributed by atoms with Gasteiger partial charge in [0.15, 0.2) is 0 Å². The molecule has 0 amide bonds. The van der Waals surface area contributed by atoms with Gasteiger partial charge < -0.3 is 27.9 Å². The first-order valence-corrected chi connectivity index (χ1v) is 31.0. The van der Waals surface area contributed by atoms with E-state index in [2.05, 4.69) is 74.6 Å². The second-order valence-corrected chi connectivity index (χ2v) is 22.4. The molecule has 2 unspecified atom stereocenters. The van der Waals surface area contributed by atoms with E-state index in [1.807, 2.05) is 21.1 Å². The SMILES string of the molecule is CC/C=C\C/C=C\C/C=C\C/C=C\C/C=C\CCCCCCCCCCOCC(COP(=O)([O-])OCC[N+](C)(C)C)OC(=O)CCCCCCCCCCCCCCCCCCCCCCCCCC. The third kappa shape index (κ3) is 57.1. The number of hydrogen-bond acceptors (Lipinski definition) is 7. The number of unbranched alkanes of at least 4 members (excludes halogenated alkanes) is 31. The largest absolute Gasteiger partial charge is 0.756 e. The zero-order chi connectivity index (χ0) is 51.2. The fourth-order valence-corrected chi connectivity index (χ4v) is 9.07. The standard InChI is InChI=1S/C61H114NO7P/c1-6-8-10-12-14-16-18-20-22-24-26-28-30-32-34-36-38-40-42-44-46-48-50-52-54-61(63)69-60(59-68-70(64,65)67-57-55-62(3,4)5)58-66-56-53-51-49-47-45-43-41-39-37-35-33-31-29-27-25-23-21-19-17-15-13-11-9-7-2/h9,11,15,17,21,23,27,29,33,35,60H,6-8,10,12-14,16,18-20,22,24-26,28,30-32,34,36-59H2,1-5H3/b11-9-,17-15-,23-21-,29-27-,35-33-. The van der Waals surface area contributed by atoms with E-state index in [1.54, 1.807) is 0 Å². The molecule has 0 aliphatic carbocycles. The fraction of sp³-hybridized carbons (Fsp3) is 0.820. The molecule has 0 fully saturated rings. The third-order valence-corrected chi connectivity index (χ3v) is 13.8. The van der Waals surface area contributed by atoms with Crippen molar-refractivity contribution in [2.24, 2.45) is 0 Å². The van der Waals surface area contributed by atoms with E-state index < -0.39 is 13.9 Å². The van der Waals surface area contributed by atoms with Crippen LogP contribution in [0.3, 0.4) is 0 Å². The number of hydrogen-bond donors (Lipinski definition) is 0. The maximum atomic E-state index is 12.8. The highest BCUT2D eigenvalue weighted by atomic mass is 31.2. The fourth-order valence-electron chi connectivity index (χ4n) is 8.34. The van der Waals surface area contributed by atoms with Crippen molar-refractivity contribution in [2.45, 2.75) is 270 Å². The number of carbonyl (C=O) groups is 1. The van der Waals surface area contributed by atoms with E-state index in [-0.39, 0.29) is 25.8 Å². The van der Waals surface area contributed by atoms with Gasteiger partial charge in [-0.25, -0.2) is 0 Å².